The number of nitrogens with two attached hydrogens (primary N) is 1. The van der Waals surface area contributed by atoms with E-state index in [1.807, 2.05) is 12.1 Å². The molecule has 0 bridgehead atoms. The Kier molecular flexibility index (Phi) is 1.87. The van der Waals surface area contributed by atoms with Gasteiger partial charge in [0.1, 0.15) is 6.23 Å². The minimum atomic E-state index is -0.823. The first-order valence-electron chi connectivity index (χ1n) is 4.33. The third-order valence-electron chi connectivity index (χ3n) is 2.46. The highest BCUT2D eigenvalue weighted by molar-refractivity contribution is 5.35. The summed E-state index contributed by atoms with van der Waals surface area (Å²) in [6.07, 6.45) is 2.72. The predicted octanol–water partition coefficient (Wildman–Crippen LogP) is 1.12. The zero-order valence-corrected chi connectivity index (χ0v) is 6.96. The van der Waals surface area contributed by atoms with Gasteiger partial charge < -0.3 is 10.8 Å². The Bertz CT molecular complexity index is 294. The summed E-state index contributed by atoms with van der Waals surface area (Å²) in [7, 11) is 0. The van der Waals surface area contributed by atoms with E-state index in [1.165, 1.54) is 24.0 Å². The molecule has 0 amide bonds. The van der Waals surface area contributed by atoms with Crippen LogP contribution in [0.3, 0.4) is 0 Å². The molecule has 3 N–H and O–H groups in total. The van der Waals surface area contributed by atoms with E-state index >= 15 is 0 Å². The summed E-state index contributed by atoms with van der Waals surface area (Å²) in [6, 6.07) is 6.01. The Balaban J connectivity index is 2.39. The number of hydrogen-bond acceptors (Lipinski definition) is 2. The Morgan fingerprint density at radius 2 is 2.00 bits per heavy atom. The number of aliphatic hydroxyl groups is 1. The first kappa shape index (κ1) is 7.77. The molecular formula is C10H13NO. The second-order valence-electron chi connectivity index (χ2n) is 3.33. The average molecular weight is 163 g/mol. The van der Waals surface area contributed by atoms with Crippen LogP contribution < -0.4 is 5.73 Å². The first-order chi connectivity index (χ1) is 5.77. The molecule has 1 aliphatic carbocycles. The Morgan fingerprint density at radius 1 is 1.25 bits per heavy atom. The van der Waals surface area contributed by atoms with Gasteiger partial charge in [-0.1, -0.05) is 18.2 Å². The van der Waals surface area contributed by atoms with Gasteiger partial charge in [-0.25, -0.2) is 0 Å². The van der Waals surface area contributed by atoms with Gasteiger partial charge in [0.15, 0.2) is 0 Å². The van der Waals surface area contributed by atoms with E-state index in [0.717, 1.165) is 12.0 Å². The summed E-state index contributed by atoms with van der Waals surface area (Å²) in [6.45, 7) is 0. The number of fused-ring (bicyclic) bond motifs is 1. The average Bonchev–Trinajstić information content (AvgIpc) is 2.49. The molecule has 2 rings (SSSR count). The van der Waals surface area contributed by atoms with Crippen molar-refractivity contribution in [3.8, 4) is 0 Å². The summed E-state index contributed by atoms with van der Waals surface area (Å²) in [5.41, 5.74) is 8.97. The second kappa shape index (κ2) is 2.88. The molecule has 0 saturated heterocycles. The largest absolute Gasteiger partial charge is 0.375 e. The molecule has 0 fully saturated rings. The topological polar surface area (TPSA) is 46.2 Å². The Labute approximate surface area is 72.0 Å². The lowest BCUT2D eigenvalue weighted by Gasteiger charge is -2.06. The van der Waals surface area contributed by atoms with E-state index in [4.69, 9.17) is 10.8 Å². The lowest BCUT2D eigenvalue weighted by Crippen LogP contribution is -2.08. The van der Waals surface area contributed by atoms with Gasteiger partial charge in [0, 0.05) is 0 Å². The van der Waals surface area contributed by atoms with Gasteiger partial charge in [0.25, 0.3) is 0 Å². The van der Waals surface area contributed by atoms with Crippen LogP contribution in [0.15, 0.2) is 18.2 Å². The molecule has 1 aliphatic rings. The van der Waals surface area contributed by atoms with E-state index in [-0.39, 0.29) is 0 Å². The molecule has 0 saturated carbocycles. The van der Waals surface area contributed by atoms with Gasteiger partial charge in [0.2, 0.25) is 0 Å². The quantitative estimate of drug-likeness (QED) is 0.609. The van der Waals surface area contributed by atoms with Crippen LogP contribution in [0.4, 0.5) is 0 Å². The van der Waals surface area contributed by atoms with Gasteiger partial charge in [-0.2, -0.15) is 0 Å². The van der Waals surface area contributed by atoms with Crippen molar-refractivity contribution >= 4 is 0 Å². The highest BCUT2D eigenvalue weighted by atomic mass is 16.3. The molecule has 1 unspecified atom stereocenters. The molecule has 1 aromatic carbocycles. The maximum atomic E-state index is 9.13. The van der Waals surface area contributed by atoms with Gasteiger partial charge in [-0.15, -0.1) is 0 Å². The fraction of sp³-hybridized carbons (Fsp3) is 0.400. The monoisotopic (exact) mass is 163 g/mol. The number of aryl methyl sites for hydroxylation is 2. The Morgan fingerprint density at radius 3 is 2.75 bits per heavy atom. The zero-order valence-electron chi connectivity index (χ0n) is 6.96. The van der Waals surface area contributed by atoms with Gasteiger partial charge in [0.05, 0.1) is 0 Å². The van der Waals surface area contributed by atoms with Crippen LogP contribution in [0, 0.1) is 0 Å². The molecule has 12 heavy (non-hydrogen) atoms. The van der Waals surface area contributed by atoms with Crippen molar-refractivity contribution in [3.05, 3.63) is 34.9 Å². The van der Waals surface area contributed by atoms with Crippen LogP contribution >= 0.6 is 0 Å². The highest BCUT2D eigenvalue weighted by Gasteiger charge is 2.11. The van der Waals surface area contributed by atoms with E-state index in [0.29, 0.717) is 0 Å². The number of rotatable bonds is 1. The molecule has 2 nitrogen and oxygen atoms in total. The van der Waals surface area contributed by atoms with Crippen LogP contribution in [0.25, 0.3) is 0 Å². The number of aliphatic hydroxyl groups excluding tert-OH is 1. The van der Waals surface area contributed by atoms with Gasteiger partial charge >= 0.3 is 0 Å². The minimum Gasteiger partial charge on any atom is -0.375 e. The van der Waals surface area contributed by atoms with Gasteiger partial charge in [-0.3, -0.25) is 0 Å². The molecule has 1 atom stereocenters. The van der Waals surface area contributed by atoms with Crippen molar-refractivity contribution in [3.63, 3.8) is 0 Å². The van der Waals surface area contributed by atoms with E-state index in [1.54, 1.807) is 0 Å². The smallest absolute Gasteiger partial charge is 0.128 e. The zero-order chi connectivity index (χ0) is 8.55. The third-order valence-corrected chi connectivity index (χ3v) is 2.46. The van der Waals surface area contributed by atoms with E-state index in [2.05, 4.69) is 6.07 Å². The van der Waals surface area contributed by atoms with Crippen LogP contribution in [0.2, 0.25) is 0 Å². The number of hydrogen-bond donors (Lipinski definition) is 2. The molecule has 1 aromatic rings. The SMILES string of the molecule is NC(O)c1ccc2c(c1)CCC2. The molecule has 0 radical (unpaired) electrons. The van der Waals surface area contributed by atoms with Gasteiger partial charge in [-0.05, 0) is 36.0 Å². The maximum Gasteiger partial charge on any atom is 0.128 e. The molecular weight excluding hydrogens is 150 g/mol. The Hall–Kier alpha value is -0.860. The lowest BCUT2D eigenvalue weighted by molar-refractivity contribution is 0.186. The van der Waals surface area contributed by atoms with E-state index < -0.39 is 6.23 Å². The second-order valence-corrected chi connectivity index (χ2v) is 3.33. The van der Waals surface area contributed by atoms with Crippen molar-refractivity contribution in [2.24, 2.45) is 5.73 Å². The lowest BCUT2D eigenvalue weighted by atomic mass is 10.1. The molecule has 0 heterocycles. The first-order valence-corrected chi connectivity index (χ1v) is 4.33. The van der Waals surface area contributed by atoms with Crippen molar-refractivity contribution in [2.75, 3.05) is 0 Å². The summed E-state index contributed by atoms with van der Waals surface area (Å²) in [5.74, 6) is 0. The third kappa shape index (κ3) is 1.24. The molecule has 64 valence electrons. The highest BCUT2D eigenvalue weighted by Crippen LogP contribution is 2.23. The summed E-state index contributed by atoms with van der Waals surface area (Å²) >= 11 is 0. The van der Waals surface area contributed by atoms with Crippen LogP contribution in [0.5, 0.6) is 0 Å². The van der Waals surface area contributed by atoms with Crippen molar-refractivity contribution in [1.29, 1.82) is 0 Å². The molecule has 0 spiro atoms. The van der Waals surface area contributed by atoms with Crippen molar-refractivity contribution in [1.82, 2.24) is 0 Å². The maximum absolute atomic E-state index is 9.13. The fourth-order valence-corrected chi connectivity index (χ4v) is 1.78. The minimum absolute atomic E-state index is 0.823. The predicted molar refractivity (Wildman–Crippen MR) is 47.6 cm³/mol. The van der Waals surface area contributed by atoms with E-state index in [9.17, 15) is 0 Å². The summed E-state index contributed by atoms with van der Waals surface area (Å²) in [4.78, 5) is 0. The summed E-state index contributed by atoms with van der Waals surface area (Å²) < 4.78 is 0. The van der Waals surface area contributed by atoms with Crippen molar-refractivity contribution in [2.45, 2.75) is 25.5 Å². The molecule has 2 heteroatoms. The van der Waals surface area contributed by atoms with Crippen LogP contribution in [-0.2, 0) is 12.8 Å². The van der Waals surface area contributed by atoms with Crippen molar-refractivity contribution < 1.29 is 5.11 Å². The molecule has 0 aliphatic heterocycles. The van der Waals surface area contributed by atoms with Crippen LogP contribution in [0.1, 0.15) is 29.3 Å². The normalized spacial score (nSPS) is 17.5. The molecule has 0 aromatic heterocycles. The number of benzene rings is 1. The standard InChI is InChI=1S/C10H13NO/c11-10(12)9-5-4-7-2-1-3-8(7)6-9/h4-6,10,12H,1-3,11H2. The van der Waals surface area contributed by atoms with Crippen LogP contribution in [-0.4, -0.2) is 5.11 Å². The summed E-state index contributed by atoms with van der Waals surface area (Å²) in [5, 5.41) is 9.13. The fourth-order valence-electron chi connectivity index (χ4n) is 1.78.